The van der Waals surface area contributed by atoms with Gasteiger partial charge >= 0.3 is 0 Å². The van der Waals surface area contributed by atoms with Crippen LogP contribution >= 0.6 is 0 Å². The van der Waals surface area contributed by atoms with E-state index in [1.807, 2.05) is 26.0 Å². The lowest BCUT2D eigenvalue weighted by Gasteiger charge is -2.20. The predicted molar refractivity (Wildman–Crippen MR) is 81.8 cm³/mol. The highest BCUT2D eigenvalue weighted by molar-refractivity contribution is 5.95. The smallest absolute Gasteiger partial charge is 0.257 e. The van der Waals surface area contributed by atoms with Gasteiger partial charge in [-0.25, -0.2) is 0 Å². The molecule has 2 heterocycles. The summed E-state index contributed by atoms with van der Waals surface area (Å²) in [7, 11) is 0. The van der Waals surface area contributed by atoms with Gasteiger partial charge in [-0.15, -0.1) is 0 Å². The first kappa shape index (κ1) is 15.7. The van der Waals surface area contributed by atoms with Crippen LogP contribution in [0.2, 0.25) is 0 Å². The van der Waals surface area contributed by atoms with Gasteiger partial charge in [0.1, 0.15) is 0 Å². The average molecular weight is 297 g/mol. The second kappa shape index (κ2) is 7.36. The van der Waals surface area contributed by atoms with E-state index in [4.69, 9.17) is 5.26 Å². The summed E-state index contributed by atoms with van der Waals surface area (Å²) >= 11 is 0. The van der Waals surface area contributed by atoms with E-state index >= 15 is 0 Å². The van der Waals surface area contributed by atoms with Crippen LogP contribution in [0.5, 0.6) is 0 Å². The normalized spacial score (nSPS) is 10.2. The molecule has 2 rings (SSSR count). The maximum Gasteiger partial charge on any atom is 0.257 e. The number of rotatable bonds is 6. The fraction of sp³-hybridized carbons (Fsp3) is 0.375. The van der Waals surface area contributed by atoms with Crippen molar-refractivity contribution in [2.45, 2.75) is 33.4 Å². The molecule has 2 aromatic rings. The van der Waals surface area contributed by atoms with Gasteiger partial charge in [0, 0.05) is 31.2 Å². The number of nitrogens with zero attached hydrogens (tertiary/aromatic N) is 5. The van der Waals surface area contributed by atoms with Crippen LogP contribution in [-0.2, 0) is 13.1 Å². The van der Waals surface area contributed by atoms with Crippen molar-refractivity contribution in [3.05, 3.63) is 47.5 Å². The molecule has 0 radical (unpaired) electrons. The Balaban J connectivity index is 2.15. The molecule has 0 bridgehead atoms. The Labute approximate surface area is 130 Å². The van der Waals surface area contributed by atoms with Crippen molar-refractivity contribution in [2.24, 2.45) is 0 Å². The lowest BCUT2D eigenvalue weighted by atomic mass is 10.2. The lowest BCUT2D eigenvalue weighted by Crippen LogP contribution is -2.30. The fourth-order valence-electron chi connectivity index (χ4n) is 2.24. The number of pyridine rings is 1. The first-order valence-electron chi connectivity index (χ1n) is 7.25. The van der Waals surface area contributed by atoms with Crippen LogP contribution < -0.4 is 0 Å². The molecule has 1 amide bonds. The van der Waals surface area contributed by atoms with E-state index in [1.54, 1.807) is 28.2 Å². The van der Waals surface area contributed by atoms with Crippen molar-refractivity contribution in [3.8, 4) is 6.07 Å². The molecule has 114 valence electrons. The summed E-state index contributed by atoms with van der Waals surface area (Å²) < 4.78 is 1.71. The zero-order valence-corrected chi connectivity index (χ0v) is 12.9. The van der Waals surface area contributed by atoms with Crippen LogP contribution in [0, 0.1) is 18.3 Å². The lowest BCUT2D eigenvalue weighted by molar-refractivity contribution is 0.0751. The van der Waals surface area contributed by atoms with Crippen LogP contribution in [-0.4, -0.2) is 32.1 Å². The number of hydrogen-bond acceptors (Lipinski definition) is 4. The van der Waals surface area contributed by atoms with Gasteiger partial charge in [-0.3, -0.25) is 14.5 Å². The third kappa shape index (κ3) is 3.50. The second-order valence-corrected chi connectivity index (χ2v) is 4.95. The summed E-state index contributed by atoms with van der Waals surface area (Å²) in [5.74, 6) is -0.0416. The van der Waals surface area contributed by atoms with Gasteiger partial charge in [0.15, 0.2) is 0 Å². The molecule has 22 heavy (non-hydrogen) atoms. The zero-order valence-electron chi connectivity index (χ0n) is 12.9. The van der Waals surface area contributed by atoms with Gasteiger partial charge in [-0.05, 0) is 31.5 Å². The summed E-state index contributed by atoms with van der Waals surface area (Å²) in [6.07, 6.45) is 5.41. The first-order valence-corrected chi connectivity index (χ1v) is 7.25. The molecule has 0 unspecified atom stereocenters. The van der Waals surface area contributed by atoms with E-state index in [0.29, 0.717) is 31.6 Å². The minimum atomic E-state index is -0.0416. The summed E-state index contributed by atoms with van der Waals surface area (Å²) in [5, 5.41) is 12.9. The number of aryl methyl sites for hydroxylation is 1. The van der Waals surface area contributed by atoms with Gasteiger partial charge in [0.25, 0.3) is 5.91 Å². The van der Waals surface area contributed by atoms with Crippen molar-refractivity contribution < 1.29 is 4.79 Å². The Morgan fingerprint density at radius 3 is 2.77 bits per heavy atom. The van der Waals surface area contributed by atoms with Gasteiger partial charge in [-0.2, -0.15) is 10.4 Å². The first-order chi connectivity index (χ1) is 10.7. The minimum Gasteiger partial charge on any atom is -0.334 e. The molecule has 0 saturated heterocycles. The highest BCUT2D eigenvalue weighted by Crippen LogP contribution is 2.13. The van der Waals surface area contributed by atoms with E-state index < -0.39 is 0 Å². The van der Waals surface area contributed by atoms with Gasteiger partial charge in [-0.1, -0.05) is 0 Å². The number of carbonyl (C=O) groups is 1. The molecule has 6 heteroatoms. The third-order valence-electron chi connectivity index (χ3n) is 3.56. The molecule has 0 aliphatic carbocycles. The number of hydrogen-bond donors (Lipinski definition) is 0. The molecule has 0 atom stereocenters. The standard InChI is InChI=1S/C16H19N5O/c1-3-20(12-14-5-8-18-9-6-14)16(22)15-11-19-21(13(15)2)10-4-7-17/h5-6,8-9,11H,3-4,10,12H2,1-2H3. The Kier molecular flexibility index (Phi) is 5.26. The number of nitriles is 1. The van der Waals surface area contributed by atoms with Crippen molar-refractivity contribution in [1.29, 1.82) is 5.26 Å². The monoisotopic (exact) mass is 297 g/mol. The predicted octanol–water partition coefficient (Wildman–Crippen LogP) is 2.16. The maximum absolute atomic E-state index is 12.7. The van der Waals surface area contributed by atoms with Crippen LogP contribution in [0.4, 0.5) is 0 Å². The highest BCUT2D eigenvalue weighted by atomic mass is 16.2. The molecule has 0 fully saturated rings. The Bertz CT molecular complexity index is 672. The topological polar surface area (TPSA) is 74.8 Å². The molecule has 0 N–H and O–H groups in total. The Morgan fingerprint density at radius 1 is 1.41 bits per heavy atom. The molecular formula is C16H19N5O. The average Bonchev–Trinajstić information content (AvgIpc) is 2.91. The quantitative estimate of drug-likeness (QED) is 0.819. The molecule has 6 nitrogen and oxygen atoms in total. The molecule has 0 aliphatic heterocycles. The van der Waals surface area contributed by atoms with E-state index in [1.165, 1.54) is 0 Å². The molecule has 2 aromatic heterocycles. The summed E-state index contributed by atoms with van der Waals surface area (Å²) in [6, 6.07) is 5.89. The van der Waals surface area contributed by atoms with Gasteiger partial charge in [0.05, 0.1) is 30.8 Å². The third-order valence-corrected chi connectivity index (χ3v) is 3.56. The minimum absolute atomic E-state index is 0.0416. The molecule has 0 saturated carbocycles. The summed E-state index contributed by atoms with van der Waals surface area (Å²) in [5.41, 5.74) is 2.43. The second-order valence-electron chi connectivity index (χ2n) is 4.95. The Hall–Kier alpha value is -2.68. The van der Waals surface area contributed by atoms with Crippen molar-refractivity contribution >= 4 is 5.91 Å². The van der Waals surface area contributed by atoms with Crippen LogP contribution in [0.3, 0.4) is 0 Å². The number of carbonyl (C=O) groups excluding carboxylic acids is 1. The van der Waals surface area contributed by atoms with Crippen LogP contribution in [0.15, 0.2) is 30.7 Å². The van der Waals surface area contributed by atoms with E-state index in [2.05, 4.69) is 16.2 Å². The van der Waals surface area contributed by atoms with Gasteiger partial charge < -0.3 is 4.90 Å². The van der Waals surface area contributed by atoms with Gasteiger partial charge in [0.2, 0.25) is 0 Å². The summed E-state index contributed by atoms with van der Waals surface area (Å²) in [4.78, 5) is 18.4. The summed E-state index contributed by atoms with van der Waals surface area (Å²) in [6.45, 7) is 5.48. The maximum atomic E-state index is 12.7. The van der Waals surface area contributed by atoms with E-state index in [9.17, 15) is 4.79 Å². The van der Waals surface area contributed by atoms with E-state index in [-0.39, 0.29) is 5.91 Å². The van der Waals surface area contributed by atoms with Crippen molar-refractivity contribution in [2.75, 3.05) is 6.54 Å². The number of aromatic nitrogens is 3. The highest BCUT2D eigenvalue weighted by Gasteiger charge is 2.19. The van der Waals surface area contributed by atoms with E-state index in [0.717, 1.165) is 11.3 Å². The fourth-order valence-corrected chi connectivity index (χ4v) is 2.24. The van der Waals surface area contributed by atoms with Crippen molar-refractivity contribution in [1.82, 2.24) is 19.7 Å². The molecule has 0 aliphatic rings. The molecule has 0 spiro atoms. The SMILES string of the molecule is CCN(Cc1ccncc1)C(=O)c1cnn(CCC#N)c1C. The number of amides is 1. The molecular weight excluding hydrogens is 278 g/mol. The zero-order chi connectivity index (χ0) is 15.9. The van der Waals surface area contributed by atoms with Crippen LogP contribution in [0.1, 0.15) is 35.0 Å². The Morgan fingerprint density at radius 2 is 2.14 bits per heavy atom. The molecule has 0 aromatic carbocycles. The largest absolute Gasteiger partial charge is 0.334 e. The van der Waals surface area contributed by atoms with Crippen LogP contribution in [0.25, 0.3) is 0 Å². The van der Waals surface area contributed by atoms with Crippen molar-refractivity contribution in [3.63, 3.8) is 0 Å².